The maximum absolute atomic E-state index is 12.5. The molecule has 2 saturated heterocycles. The first-order chi connectivity index (χ1) is 9.74. The Morgan fingerprint density at radius 3 is 2.80 bits per heavy atom. The van der Waals surface area contributed by atoms with Crippen molar-refractivity contribution in [3.05, 3.63) is 29.3 Å². The number of rotatable bonds is 3. The largest absolute Gasteiger partial charge is 0.381 e. The Balaban J connectivity index is 1.63. The Hall–Kier alpha value is -0.710. The molecular formula is C15H18ClNO2S. The maximum Gasteiger partial charge on any atom is 0.236 e. The summed E-state index contributed by atoms with van der Waals surface area (Å²) in [6.45, 7) is 2.43. The molecule has 0 spiro atoms. The number of thioether (sulfide) groups is 1. The van der Waals surface area contributed by atoms with Gasteiger partial charge in [0.1, 0.15) is 0 Å². The lowest BCUT2D eigenvalue weighted by atomic mass is 10.1. The molecule has 1 aromatic carbocycles. The molecule has 2 aliphatic heterocycles. The number of ether oxygens (including phenoxy) is 1. The Morgan fingerprint density at radius 2 is 2.05 bits per heavy atom. The fraction of sp³-hybridized carbons (Fsp3) is 0.533. The minimum atomic E-state index is 0.0383. The van der Waals surface area contributed by atoms with Gasteiger partial charge in [-0.2, -0.15) is 0 Å². The average molecular weight is 312 g/mol. The van der Waals surface area contributed by atoms with E-state index in [2.05, 4.69) is 4.90 Å². The topological polar surface area (TPSA) is 29.5 Å². The van der Waals surface area contributed by atoms with E-state index in [-0.39, 0.29) is 11.2 Å². The van der Waals surface area contributed by atoms with Crippen molar-refractivity contribution < 1.29 is 9.53 Å². The average Bonchev–Trinajstić information content (AvgIpc) is 2.81. The summed E-state index contributed by atoms with van der Waals surface area (Å²) in [5, 5.41) is 0.762. The van der Waals surface area contributed by atoms with Crippen LogP contribution in [-0.2, 0) is 9.53 Å². The van der Waals surface area contributed by atoms with E-state index in [1.807, 2.05) is 24.3 Å². The van der Waals surface area contributed by atoms with E-state index in [1.165, 1.54) is 0 Å². The lowest BCUT2D eigenvalue weighted by molar-refractivity contribution is -0.130. The fourth-order valence-corrected chi connectivity index (χ4v) is 4.24. The summed E-state index contributed by atoms with van der Waals surface area (Å²) in [5.74, 6) is 0.280. The second-order valence-corrected chi connectivity index (χ2v) is 6.94. The van der Waals surface area contributed by atoms with Gasteiger partial charge < -0.3 is 9.64 Å². The number of likely N-dealkylation sites (tertiary alicyclic amines) is 1. The summed E-state index contributed by atoms with van der Waals surface area (Å²) in [6, 6.07) is 8.11. The normalized spacial score (nSPS) is 24.4. The molecule has 0 radical (unpaired) electrons. The lowest BCUT2D eigenvalue weighted by Gasteiger charge is -2.31. The zero-order valence-corrected chi connectivity index (χ0v) is 12.8. The summed E-state index contributed by atoms with van der Waals surface area (Å²) in [6.07, 6.45) is 2.87. The molecule has 2 fully saturated rings. The molecule has 0 unspecified atom stereocenters. The molecule has 2 heterocycles. The van der Waals surface area contributed by atoms with Gasteiger partial charge in [-0.05, 0) is 37.5 Å². The summed E-state index contributed by atoms with van der Waals surface area (Å²) < 4.78 is 5.37. The third-order valence-electron chi connectivity index (χ3n) is 3.90. The van der Waals surface area contributed by atoms with E-state index in [4.69, 9.17) is 16.3 Å². The highest BCUT2D eigenvalue weighted by atomic mass is 35.5. The number of hydrogen-bond donors (Lipinski definition) is 0. The first kappa shape index (κ1) is 14.2. The number of halogens is 1. The molecule has 3 nitrogen and oxygen atoms in total. The summed E-state index contributed by atoms with van der Waals surface area (Å²) in [7, 11) is 0. The third-order valence-corrected chi connectivity index (χ3v) is 5.38. The van der Waals surface area contributed by atoms with Crippen molar-refractivity contribution >= 4 is 29.3 Å². The van der Waals surface area contributed by atoms with Gasteiger partial charge >= 0.3 is 0 Å². The summed E-state index contributed by atoms with van der Waals surface area (Å²) in [4.78, 5) is 15.7. The number of carbonyl (C=O) groups excluding carboxylic acids is 1. The molecule has 1 aromatic rings. The molecule has 1 atom stereocenters. The second-order valence-electron chi connectivity index (χ2n) is 5.23. The van der Waals surface area contributed by atoms with Crippen molar-refractivity contribution in [2.75, 3.05) is 19.8 Å². The van der Waals surface area contributed by atoms with Crippen molar-refractivity contribution in [2.45, 2.75) is 35.4 Å². The first-order valence-corrected chi connectivity index (χ1v) is 8.30. The molecule has 0 N–H and O–H groups in total. The molecular weight excluding hydrogens is 294 g/mol. The van der Waals surface area contributed by atoms with Crippen LogP contribution in [0.4, 0.5) is 0 Å². The van der Waals surface area contributed by atoms with Crippen molar-refractivity contribution in [3.63, 3.8) is 0 Å². The van der Waals surface area contributed by atoms with E-state index in [9.17, 15) is 4.79 Å². The zero-order valence-electron chi connectivity index (χ0n) is 11.3. The number of nitrogens with zero attached hydrogens (tertiary/aromatic N) is 1. The molecule has 0 saturated carbocycles. The smallest absolute Gasteiger partial charge is 0.236 e. The summed E-state index contributed by atoms with van der Waals surface area (Å²) >= 11 is 7.63. The number of hydrogen-bond acceptors (Lipinski definition) is 3. The first-order valence-electron chi connectivity index (χ1n) is 7.04. The van der Waals surface area contributed by atoms with Crippen LogP contribution >= 0.6 is 23.4 Å². The van der Waals surface area contributed by atoms with Crippen molar-refractivity contribution in [1.29, 1.82) is 0 Å². The molecule has 108 valence electrons. The number of benzene rings is 1. The van der Waals surface area contributed by atoms with Crippen molar-refractivity contribution in [2.24, 2.45) is 0 Å². The highest BCUT2D eigenvalue weighted by molar-refractivity contribution is 8.00. The number of carbonyl (C=O) groups is 1. The van der Waals surface area contributed by atoms with E-state index in [1.54, 1.807) is 11.8 Å². The molecule has 1 amide bonds. The van der Waals surface area contributed by atoms with Gasteiger partial charge in [0.25, 0.3) is 0 Å². The molecule has 5 heteroatoms. The molecule has 0 bridgehead atoms. The van der Waals surface area contributed by atoms with Crippen LogP contribution in [0, 0.1) is 0 Å². The van der Waals surface area contributed by atoms with Crippen LogP contribution in [0.1, 0.15) is 19.3 Å². The molecule has 0 aliphatic carbocycles. The van der Waals surface area contributed by atoms with Gasteiger partial charge in [-0.3, -0.25) is 4.79 Å². The maximum atomic E-state index is 12.5. The predicted molar refractivity (Wildman–Crippen MR) is 81.3 cm³/mol. The standard InChI is InChI=1S/C15H18ClNO2S/c16-11-2-1-3-13(10-11)20-14-4-7-17(15(14)18)12-5-8-19-9-6-12/h1-3,10,12,14H,4-9H2/t14-/m0/s1. The minimum Gasteiger partial charge on any atom is -0.381 e. The number of amides is 1. The monoisotopic (exact) mass is 311 g/mol. The molecule has 0 aromatic heterocycles. The van der Waals surface area contributed by atoms with Crippen LogP contribution in [0.15, 0.2) is 29.2 Å². The molecule has 3 rings (SSSR count). The Labute approximate surface area is 128 Å². The van der Waals surface area contributed by atoms with Crippen LogP contribution in [-0.4, -0.2) is 41.9 Å². The van der Waals surface area contributed by atoms with Crippen molar-refractivity contribution in [1.82, 2.24) is 4.90 Å². The Bertz CT molecular complexity index is 491. The van der Waals surface area contributed by atoms with E-state index >= 15 is 0 Å². The van der Waals surface area contributed by atoms with Gasteiger partial charge in [-0.1, -0.05) is 17.7 Å². The highest BCUT2D eigenvalue weighted by Crippen LogP contribution is 2.33. The van der Waals surface area contributed by atoms with Gasteiger partial charge in [0.15, 0.2) is 0 Å². The highest BCUT2D eigenvalue weighted by Gasteiger charge is 2.36. The van der Waals surface area contributed by atoms with Crippen LogP contribution < -0.4 is 0 Å². The quantitative estimate of drug-likeness (QED) is 0.858. The van der Waals surface area contributed by atoms with Crippen LogP contribution in [0.2, 0.25) is 5.02 Å². The molecule has 2 aliphatic rings. The van der Waals surface area contributed by atoms with Gasteiger partial charge in [-0.25, -0.2) is 0 Å². The Kier molecular flexibility index (Phi) is 4.54. The summed E-state index contributed by atoms with van der Waals surface area (Å²) in [5.41, 5.74) is 0. The molecule has 20 heavy (non-hydrogen) atoms. The van der Waals surface area contributed by atoms with Crippen LogP contribution in [0.25, 0.3) is 0 Å². The predicted octanol–water partition coefficient (Wildman–Crippen LogP) is 3.21. The Morgan fingerprint density at radius 1 is 1.25 bits per heavy atom. The van der Waals surface area contributed by atoms with E-state index in [0.29, 0.717) is 6.04 Å². The van der Waals surface area contributed by atoms with Gasteiger partial charge in [-0.15, -0.1) is 11.8 Å². The fourth-order valence-electron chi connectivity index (χ4n) is 2.85. The van der Waals surface area contributed by atoms with E-state index in [0.717, 1.165) is 48.9 Å². The SMILES string of the molecule is O=C1[C@@H](Sc2cccc(Cl)c2)CCN1C1CCOCC1. The second kappa shape index (κ2) is 6.37. The van der Waals surface area contributed by atoms with Gasteiger partial charge in [0.05, 0.1) is 5.25 Å². The van der Waals surface area contributed by atoms with E-state index < -0.39 is 0 Å². The van der Waals surface area contributed by atoms with Crippen LogP contribution in [0.3, 0.4) is 0 Å². The lowest BCUT2D eigenvalue weighted by Crippen LogP contribution is -2.41. The zero-order chi connectivity index (χ0) is 13.9. The van der Waals surface area contributed by atoms with Crippen LogP contribution in [0.5, 0.6) is 0 Å². The minimum absolute atomic E-state index is 0.0383. The van der Waals surface area contributed by atoms with Gasteiger partial charge in [0.2, 0.25) is 5.91 Å². The third kappa shape index (κ3) is 3.13. The van der Waals surface area contributed by atoms with Gasteiger partial charge in [0, 0.05) is 35.7 Å². The van der Waals surface area contributed by atoms with Crippen molar-refractivity contribution in [3.8, 4) is 0 Å².